The van der Waals surface area contributed by atoms with Crippen molar-refractivity contribution in [3.05, 3.63) is 63.6 Å². The number of ether oxygens (including phenoxy) is 1. The minimum absolute atomic E-state index is 0.132. The molecule has 0 amide bonds. The Kier molecular flexibility index (Phi) is 5.59. The van der Waals surface area contributed by atoms with Gasteiger partial charge in [-0.3, -0.25) is 4.79 Å². The summed E-state index contributed by atoms with van der Waals surface area (Å²) in [5, 5.41) is 5.00. The molecule has 3 aromatic rings. The molecular formula is C19H17Cl2N3O2. The molecule has 26 heavy (non-hydrogen) atoms. The third kappa shape index (κ3) is 3.74. The van der Waals surface area contributed by atoms with Gasteiger partial charge in [-0.25, -0.2) is 0 Å². The summed E-state index contributed by atoms with van der Waals surface area (Å²) in [6.07, 6.45) is 0.904. The SMILES string of the molecule is CCOc1nc(-c2ccc(Cl)c(Cl)c2)n(C(=O)c2ccc(CC)cc2)n1. The number of hydrogen-bond donors (Lipinski definition) is 0. The summed E-state index contributed by atoms with van der Waals surface area (Å²) in [6.45, 7) is 4.28. The number of benzene rings is 2. The van der Waals surface area contributed by atoms with Crippen LogP contribution in [0.1, 0.15) is 29.8 Å². The Labute approximate surface area is 161 Å². The third-order valence-electron chi connectivity index (χ3n) is 3.84. The zero-order valence-corrected chi connectivity index (χ0v) is 15.9. The molecular weight excluding hydrogens is 373 g/mol. The van der Waals surface area contributed by atoms with Gasteiger partial charge in [-0.2, -0.15) is 9.67 Å². The Morgan fingerprint density at radius 1 is 1.08 bits per heavy atom. The molecule has 5 nitrogen and oxygen atoms in total. The topological polar surface area (TPSA) is 57.0 Å². The molecule has 0 spiro atoms. The van der Waals surface area contributed by atoms with Crippen LogP contribution in [0.2, 0.25) is 10.0 Å². The van der Waals surface area contributed by atoms with Gasteiger partial charge < -0.3 is 4.74 Å². The first-order chi connectivity index (χ1) is 12.5. The second-order valence-electron chi connectivity index (χ2n) is 5.55. The van der Waals surface area contributed by atoms with Gasteiger partial charge in [-0.05, 0) is 49.2 Å². The van der Waals surface area contributed by atoms with Gasteiger partial charge in [-0.15, -0.1) is 5.10 Å². The van der Waals surface area contributed by atoms with Gasteiger partial charge in [0.15, 0.2) is 5.82 Å². The van der Waals surface area contributed by atoms with Crippen molar-refractivity contribution in [1.29, 1.82) is 0 Å². The van der Waals surface area contributed by atoms with E-state index in [0.29, 0.717) is 33.6 Å². The minimum atomic E-state index is -0.299. The number of carbonyl (C=O) groups is 1. The molecule has 1 heterocycles. The first-order valence-electron chi connectivity index (χ1n) is 8.22. The van der Waals surface area contributed by atoms with Gasteiger partial charge in [0.2, 0.25) is 0 Å². The molecule has 0 atom stereocenters. The van der Waals surface area contributed by atoms with Crippen molar-refractivity contribution in [3.63, 3.8) is 0 Å². The van der Waals surface area contributed by atoms with Gasteiger partial charge in [0, 0.05) is 11.1 Å². The fraction of sp³-hybridized carbons (Fsp3) is 0.211. The molecule has 0 bridgehead atoms. The number of aromatic nitrogens is 3. The van der Waals surface area contributed by atoms with Crippen LogP contribution in [0, 0.1) is 0 Å². The zero-order chi connectivity index (χ0) is 18.7. The lowest BCUT2D eigenvalue weighted by atomic mass is 10.1. The maximum Gasteiger partial charge on any atom is 0.336 e. The number of hydrogen-bond acceptors (Lipinski definition) is 4. The average molecular weight is 390 g/mol. The van der Waals surface area contributed by atoms with E-state index in [9.17, 15) is 4.79 Å². The monoisotopic (exact) mass is 389 g/mol. The molecule has 1 aromatic heterocycles. The molecule has 0 aliphatic rings. The second-order valence-corrected chi connectivity index (χ2v) is 6.36. The first-order valence-corrected chi connectivity index (χ1v) is 8.98. The maximum absolute atomic E-state index is 13.0. The molecule has 134 valence electrons. The van der Waals surface area contributed by atoms with E-state index in [1.165, 1.54) is 4.68 Å². The van der Waals surface area contributed by atoms with Crippen LogP contribution in [0.3, 0.4) is 0 Å². The number of nitrogens with zero attached hydrogens (tertiary/aromatic N) is 3. The molecule has 7 heteroatoms. The lowest BCUT2D eigenvalue weighted by Crippen LogP contribution is -2.15. The van der Waals surface area contributed by atoms with Gasteiger partial charge in [0.25, 0.3) is 5.91 Å². The van der Waals surface area contributed by atoms with Crippen molar-refractivity contribution in [2.75, 3.05) is 6.61 Å². The Hall–Kier alpha value is -2.37. The fourth-order valence-corrected chi connectivity index (χ4v) is 2.75. The summed E-state index contributed by atoms with van der Waals surface area (Å²) in [4.78, 5) is 17.3. The van der Waals surface area contributed by atoms with Crippen molar-refractivity contribution >= 4 is 29.1 Å². The van der Waals surface area contributed by atoms with Crippen molar-refractivity contribution < 1.29 is 9.53 Å². The van der Waals surface area contributed by atoms with Crippen LogP contribution in [0.15, 0.2) is 42.5 Å². The Bertz CT molecular complexity index is 936. The van der Waals surface area contributed by atoms with E-state index in [2.05, 4.69) is 17.0 Å². The molecule has 0 unspecified atom stereocenters. The number of carbonyl (C=O) groups excluding carboxylic acids is 1. The van der Waals surface area contributed by atoms with Crippen molar-refractivity contribution in [2.45, 2.75) is 20.3 Å². The summed E-state index contributed by atoms with van der Waals surface area (Å²) in [6, 6.07) is 12.6. The van der Waals surface area contributed by atoms with E-state index >= 15 is 0 Å². The molecule has 0 fully saturated rings. The van der Waals surface area contributed by atoms with Crippen molar-refractivity contribution in [2.24, 2.45) is 0 Å². The minimum Gasteiger partial charge on any atom is -0.463 e. The van der Waals surface area contributed by atoms with Gasteiger partial charge in [0.1, 0.15) is 0 Å². The molecule has 2 aromatic carbocycles. The molecule has 0 saturated heterocycles. The molecule has 0 aliphatic heterocycles. The van der Waals surface area contributed by atoms with Gasteiger partial charge >= 0.3 is 6.01 Å². The number of rotatable bonds is 5. The lowest BCUT2D eigenvalue weighted by Gasteiger charge is -2.06. The highest BCUT2D eigenvalue weighted by molar-refractivity contribution is 6.42. The standard InChI is InChI=1S/C19H17Cl2N3O2/c1-3-12-5-7-13(8-6-12)18(25)24-17(22-19(23-24)26-4-2)14-9-10-15(20)16(21)11-14/h5-11H,3-4H2,1-2H3. The highest BCUT2D eigenvalue weighted by Crippen LogP contribution is 2.29. The maximum atomic E-state index is 13.0. The van der Waals surface area contributed by atoms with Crippen LogP contribution in [0.25, 0.3) is 11.4 Å². The summed E-state index contributed by atoms with van der Waals surface area (Å²) < 4.78 is 6.60. The van der Waals surface area contributed by atoms with E-state index in [1.807, 2.05) is 19.1 Å². The van der Waals surface area contributed by atoms with Crippen LogP contribution in [0.5, 0.6) is 6.01 Å². The second kappa shape index (κ2) is 7.89. The van der Waals surface area contributed by atoms with E-state index in [1.54, 1.807) is 30.3 Å². The van der Waals surface area contributed by atoms with Crippen LogP contribution >= 0.6 is 23.2 Å². The van der Waals surface area contributed by atoms with Gasteiger partial charge in [-0.1, -0.05) is 42.3 Å². The average Bonchev–Trinajstić information content (AvgIpc) is 3.07. The normalized spacial score (nSPS) is 10.8. The summed E-state index contributed by atoms with van der Waals surface area (Å²) in [5.74, 6) is 0.0452. The number of halogens is 2. The predicted molar refractivity (Wildman–Crippen MR) is 102 cm³/mol. The van der Waals surface area contributed by atoms with E-state index in [4.69, 9.17) is 27.9 Å². The van der Waals surface area contributed by atoms with Gasteiger partial charge in [0.05, 0.1) is 16.7 Å². The summed E-state index contributed by atoms with van der Waals surface area (Å²) in [5.41, 5.74) is 2.28. The van der Waals surface area contributed by atoms with Crippen molar-refractivity contribution in [1.82, 2.24) is 14.8 Å². The van der Waals surface area contributed by atoms with Crippen molar-refractivity contribution in [3.8, 4) is 17.4 Å². The summed E-state index contributed by atoms with van der Waals surface area (Å²) in [7, 11) is 0. The first kappa shape index (κ1) is 18.4. The highest BCUT2D eigenvalue weighted by atomic mass is 35.5. The lowest BCUT2D eigenvalue weighted by molar-refractivity contribution is 0.0945. The Balaban J connectivity index is 2.06. The molecule has 0 saturated carbocycles. The van der Waals surface area contributed by atoms with Crippen LogP contribution in [-0.4, -0.2) is 27.3 Å². The molecule has 0 N–H and O–H groups in total. The summed E-state index contributed by atoms with van der Waals surface area (Å²) >= 11 is 12.1. The quantitative estimate of drug-likeness (QED) is 0.622. The molecule has 0 radical (unpaired) electrons. The van der Waals surface area contributed by atoms with E-state index in [-0.39, 0.29) is 11.9 Å². The van der Waals surface area contributed by atoms with E-state index < -0.39 is 0 Å². The van der Waals surface area contributed by atoms with Crippen LogP contribution < -0.4 is 4.74 Å². The Morgan fingerprint density at radius 3 is 2.42 bits per heavy atom. The largest absolute Gasteiger partial charge is 0.463 e. The smallest absolute Gasteiger partial charge is 0.336 e. The zero-order valence-electron chi connectivity index (χ0n) is 14.4. The van der Waals surface area contributed by atoms with E-state index in [0.717, 1.165) is 12.0 Å². The third-order valence-corrected chi connectivity index (χ3v) is 4.58. The predicted octanol–water partition coefficient (Wildman–Crippen LogP) is 4.90. The Morgan fingerprint density at radius 2 is 1.81 bits per heavy atom. The highest BCUT2D eigenvalue weighted by Gasteiger charge is 2.20. The number of aryl methyl sites for hydroxylation is 1. The van der Waals surface area contributed by atoms with Crippen LogP contribution in [-0.2, 0) is 6.42 Å². The fourth-order valence-electron chi connectivity index (χ4n) is 2.45. The van der Waals surface area contributed by atoms with Crippen LogP contribution in [0.4, 0.5) is 0 Å². The molecule has 0 aliphatic carbocycles. The molecule has 3 rings (SSSR count).